The Morgan fingerprint density at radius 1 is 0.265 bits per heavy atom. The Kier molecular flexibility index (Phi) is 33.5. The molecule has 0 spiro atoms. The highest BCUT2D eigenvalue weighted by molar-refractivity contribution is 5.48. The molecule has 0 heteroatoms. The van der Waals surface area contributed by atoms with Crippen molar-refractivity contribution in [1.29, 1.82) is 0 Å². The standard InChI is InChI=1S/C19H32.C15H16.3C15H24.C10H14.C9H12.C8H10.C7H8/c1-13-15(18(5,6)7)11-14(17(2,3)4)12-16(13)19(8,9)10;1-15(2,13-9-5-3-6-10-13)14-11-7-4-8-12-14;1-11-8-12(14(2,3)4)10-13(9-11)15(5,6)7;1-11-8-9-12(14(2,3)4)10-13(11)15(5,6)7;1-11-12(14(2,3)4)9-8-10-13(11)15(5,6)7;1-10(2,3)9-7-5-4-6-8-9;1-8(2)9-6-4-3-5-7-9;1-2-8-6-4-3-5-7-8;1-7-5-3-2-4-6-7/h11-12H,1-10H3;3-12H,1-2H3;3*8-10H,1-7H3;4-8H,1-3H3;3-8H,1-2H3;3-7H,2H2,1H3;2-6H,1H3/i;;;;;;8D;2D2;2D,3D,4D,5D,6D. The van der Waals surface area contributed by atoms with E-state index in [1.807, 2.05) is 62.4 Å². The molecule has 113 heavy (non-hydrogen) atoms. The molecule has 0 amide bonds. The number of hydrogen-bond acceptors (Lipinski definition) is 0. The van der Waals surface area contributed by atoms with E-state index < -0.39 is 12.3 Å². The molecule has 10 rings (SSSR count). The maximum Gasteiger partial charge on any atom is 0.0625 e. The number of rotatable bonds is 4. The van der Waals surface area contributed by atoms with Gasteiger partial charge >= 0.3 is 0 Å². The molecule has 616 valence electrons. The van der Waals surface area contributed by atoms with E-state index in [4.69, 9.17) is 11.0 Å². The second-order valence-corrected chi connectivity index (χ2v) is 41.7. The first-order chi connectivity index (χ1) is 54.6. The summed E-state index contributed by atoms with van der Waals surface area (Å²) in [6.45, 7) is 88.7. The van der Waals surface area contributed by atoms with Gasteiger partial charge in [0, 0.05) is 9.53 Å². The summed E-state index contributed by atoms with van der Waals surface area (Å²) in [4.78, 5) is 0. The third-order valence-electron chi connectivity index (χ3n) is 20.2. The predicted molar refractivity (Wildman–Crippen MR) is 511 cm³/mol. The van der Waals surface area contributed by atoms with Crippen LogP contribution in [0, 0.1) is 34.6 Å². The Balaban J connectivity index is 0.000000464. The van der Waals surface area contributed by atoms with E-state index in [9.17, 15) is 0 Å². The SMILES string of the molecule is CC(C)(C)c1ccccc1.CC(C)(c1ccccc1)c1ccccc1.Cc1c(C(C)(C)C)cc(C(C)(C)C)cc1C(C)(C)C.Cc1c(C(C)(C)C)cccc1C(C)(C)C.Cc1cc(C(C)(C)C)cc(C(C)(C)C)c1.Cc1ccc(C(C)(C)C)cc1C(C)(C)C.[2H]C(C)(C)c1ccccc1.[2H]C([2H])(C)c1ccccc1.[2H]c1c([2H])c([2H])c(C)c([2H])c1[2H]. The monoisotopic (exact) mass is 1530 g/mol. The second-order valence-electron chi connectivity index (χ2n) is 41.7. The normalized spacial score (nSPS) is 13.2. The van der Waals surface area contributed by atoms with Crippen LogP contribution in [-0.4, -0.2) is 0 Å². The average molecular weight is 1530 g/mol. The number of benzene rings is 10. The number of aryl methyl sites for hydroxylation is 3. The Hall–Kier alpha value is -7.80. The molecule has 0 heterocycles. The van der Waals surface area contributed by atoms with Crippen molar-refractivity contribution in [2.24, 2.45) is 0 Å². The van der Waals surface area contributed by atoms with Gasteiger partial charge < -0.3 is 0 Å². The fourth-order valence-electron chi connectivity index (χ4n) is 13.0. The zero-order valence-corrected chi connectivity index (χ0v) is 79.3. The minimum absolute atomic E-state index is 0.0858. The third kappa shape index (κ3) is 36.3. The van der Waals surface area contributed by atoms with Crippen LogP contribution >= 0.6 is 0 Å². The minimum atomic E-state index is -1.21. The van der Waals surface area contributed by atoms with Gasteiger partial charge in [0.05, 0.1) is 6.85 Å². The largest absolute Gasteiger partial charge is 0.0625 e. The van der Waals surface area contributed by atoms with Crippen molar-refractivity contribution in [3.8, 4) is 0 Å². The van der Waals surface area contributed by atoms with Crippen LogP contribution in [0.15, 0.2) is 249 Å². The molecule has 0 unspecified atom stereocenters. The molecule has 0 fully saturated rings. The van der Waals surface area contributed by atoms with E-state index in [2.05, 4.69) is 407 Å². The van der Waals surface area contributed by atoms with Crippen LogP contribution in [-0.2, 0) is 65.9 Å². The molecule has 0 aromatic heterocycles. The van der Waals surface area contributed by atoms with Crippen LogP contribution in [0.1, 0.15) is 365 Å². The summed E-state index contributed by atoms with van der Waals surface area (Å²) in [7, 11) is 0. The van der Waals surface area contributed by atoms with Gasteiger partial charge in [-0.2, -0.15) is 0 Å². The van der Waals surface area contributed by atoms with E-state index in [0.717, 1.165) is 11.1 Å². The molecule has 0 aliphatic carbocycles. The molecule has 0 aliphatic rings. The molecule has 0 aliphatic heterocycles. The third-order valence-corrected chi connectivity index (χ3v) is 20.2. The van der Waals surface area contributed by atoms with Crippen LogP contribution in [0.3, 0.4) is 0 Å². The molecular formula is C113H164. The van der Waals surface area contributed by atoms with E-state index >= 15 is 0 Å². The lowest BCUT2D eigenvalue weighted by atomic mass is 9.73. The Morgan fingerprint density at radius 2 is 0.558 bits per heavy atom. The van der Waals surface area contributed by atoms with Gasteiger partial charge in [0.2, 0.25) is 0 Å². The maximum absolute atomic E-state index is 7.67. The molecule has 0 saturated heterocycles. The van der Waals surface area contributed by atoms with E-state index in [1.54, 1.807) is 19.1 Å². The summed E-state index contributed by atoms with van der Waals surface area (Å²) in [6.07, 6.45) is -1.21. The molecule has 0 radical (unpaired) electrons. The lowest BCUT2D eigenvalue weighted by molar-refractivity contribution is 0.542. The van der Waals surface area contributed by atoms with Gasteiger partial charge in [0.25, 0.3) is 0 Å². The van der Waals surface area contributed by atoms with Crippen molar-refractivity contribution >= 4 is 0 Å². The molecule has 0 N–H and O–H groups in total. The first-order valence-electron chi connectivity index (χ1n) is 45.4. The minimum Gasteiger partial charge on any atom is -0.0622 e. The van der Waals surface area contributed by atoms with Gasteiger partial charge in [-0.1, -0.05) is 502 Å². The summed E-state index contributed by atoms with van der Waals surface area (Å²) in [5.41, 5.74) is 27.5. The van der Waals surface area contributed by atoms with E-state index in [0.29, 0.717) is 11.0 Å². The first kappa shape index (κ1) is 87.6. The second kappa shape index (κ2) is 43.2. The first-order valence-corrected chi connectivity index (χ1v) is 41.4. The molecule has 0 atom stereocenters. The molecule has 10 aromatic carbocycles. The quantitative estimate of drug-likeness (QED) is 0.165. The van der Waals surface area contributed by atoms with Gasteiger partial charge in [-0.05, 0) is 196 Å². The Labute approximate surface area is 710 Å². The summed E-state index contributed by atoms with van der Waals surface area (Å²) >= 11 is 0. The molecule has 10 aromatic rings. The maximum atomic E-state index is 7.67. The van der Waals surface area contributed by atoms with Gasteiger partial charge in [-0.15, -0.1) is 0 Å². The summed E-state index contributed by atoms with van der Waals surface area (Å²) in [5, 5.41) is 0. The van der Waals surface area contributed by atoms with Crippen molar-refractivity contribution in [1.82, 2.24) is 0 Å². The van der Waals surface area contributed by atoms with Gasteiger partial charge in [-0.25, -0.2) is 0 Å². The Morgan fingerprint density at radius 3 is 0.841 bits per heavy atom. The van der Waals surface area contributed by atoms with Crippen molar-refractivity contribution in [2.45, 2.75) is 349 Å². The topological polar surface area (TPSA) is 0 Å². The van der Waals surface area contributed by atoms with Crippen LogP contribution in [0.4, 0.5) is 0 Å². The van der Waals surface area contributed by atoms with Crippen molar-refractivity contribution in [3.63, 3.8) is 0 Å². The van der Waals surface area contributed by atoms with E-state index in [1.165, 1.54) is 95.9 Å². The summed E-state index contributed by atoms with van der Waals surface area (Å²) in [5.74, 6) is -0.457. The van der Waals surface area contributed by atoms with Gasteiger partial charge in [-0.3, -0.25) is 0 Å². The molecular weight excluding hydrogens is 1360 g/mol. The highest BCUT2D eigenvalue weighted by atomic mass is 14.3. The highest BCUT2D eigenvalue weighted by Gasteiger charge is 2.29. The van der Waals surface area contributed by atoms with Crippen molar-refractivity contribution in [2.75, 3.05) is 0 Å². The fourth-order valence-corrected chi connectivity index (χ4v) is 13.0. The van der Waals surface area contributed by atoms with Crippen LogP contribution in [0.25, 0.3) is 0 Å². The zero-order valence-electron chi connectivity index (χ0n) is 87.3. The van der Waals surface area contributed by atoms with Crippen LogP contribution in [0.5, 0.6) is 0 Å². The molecule has 0 bridgehead atoms. The smallest absolute Gasteiger partial charge is 0.0622 e. The Bertz CT molecular complexity index is 4390. The lowest BCUT2D eigenvalue weighted by Gasteiger charge is -2.32. The van der Waals surface area contributed by atoms with Crippen LogP contribution in [0.2, 0.25) is 0 Å². The predicted octanol–water partition coefficient (Wildman–Crippen LogP) is 33.7. The van der Waals surface area contributed by atoms with Crippen LogP contribution < -0.4 is 0 Å². The fraction of sp³-hybridized carbons (Fsp3) is 0.469. The summed E-state index contributed by atoms with van der Waals surface area (Å²) < 4.78 is 58.7. The number of hydrogen-bond donors (Lipinski definition) is 0. The van der Waals surface area contributed by atoms with Gasteiger partial charge in [0.15, 0.2) is 0 Å². The van der Waals surface area contributed by atoms with Crippen molar-refractivity contribution < 1.29 is 11.0 Å². The van der Waals surface area contributed by atoms with E-state index in [-0.39, 0.29) is 84.4 Å². The van der Waals surface area contributed by atoms with Gasteiger partial charge in [0.1, 0.15) is 0 Å². The average Bonchev–Trinajstić information content (AvgIpc) is 0.800. The zero-order chi connectivity index (χ0) is 93.8. The highest BCUT2D eigenvalue weighted by Crippen LogP contribution is 2.40. The lowest BCUT2D eigenvalue weighted by Crippen LogP contribution is -2.23. The molecule has 0 saturated carbocycles. The van der Waals surface area contributed by atoms with Crippen molar-refractivity contribution in [3.05, 3.63) is 354 Å². The molecule has 0 nitrogen and oxygen atoms in total. The summed E-state index contributed by atoms with van der Waals surface area (Å²) in [6, 6.07) is 75.1.